The molecule has 0 radical (unpaired) electrons. The average molecular weight is 489 g/mol. The van der Waals surface area contributed by atoms with E-state index < -0.39 is 17.6 Å². The van der Waals surface area contributed by atoms with Gasteiger partial charge in [-0.15, -0.1) is 0 Å². The summed E-state index contributed by atoms with van der Waals surface area (Å²) in [5, 5.41) is 2.50. The molecular weight excluding hydrogens is 467 g/mol. The molecule has 5 nitrogen and oxygen atoms in total. The first kappa shape index (κ1) is 23.7. The first-order valence-corrected chi connectivity index (χ1v) is 11.4. The van der Waals surface area contributed by atoms with E-state index >= 15 is 0 Å². The molecule has 0 unspecified atom stereocenters. The number of carbonyl (C=O) groups is 2. The van der Waals surface area contributed by atoms with Gasteiger partial charge in [-0.2, -0.15) is 13.2 Å². The zero-order valence-electron chi connectivity index (χ0n) is 19.6. The molecule has 0 saturated heterocycles. The normalized spacial score (nSPS) is 14.1. The minimum Gasteiger partial charge on any atom is -0.308 e. The van der Waals surface area contributed by atoms with Gasteiger partial charge in [0.2, 0.25) is 0 Å². The van der Waals surface area contributed by atoms with E-state index in [2.05, 4.69) is 4.99 Å². The molecule has 4 aromatic rings. The molecule has 0 spiro atoms. The number of hydrogen-bond donors (Lipinski definition) is 0. The topological polar surface area (TPSA) is 53.0 Å². The Kier molecular flexibility index (Phi) is 5.84. The highest BCUT2D eigenvalue weighted by atomic mass is 19.4. The Morgan fingerprint density at radius 1 is 0.889 bits per heavy atom. The van der Waals surface area contributed by atoms with Crippen LogP contribution in [0.25, 0.3) is 21.5 Å². The number of halogens is 3. The van der Waals surface area contributed by atoms with Gasteiger partial charge < -0.3 is 4.90 Å². The maximum atomic E-state index is 13.7. The van der Waals surface area contributed by atoms with Gasteiger partial charge in [0.1, 0.15) is 0 Å². The molecule has 5 rings (SSSR count). The average Bonchev–Trinajstić information content (AvgIpc) is 2.84. The second-order valence-electron chi connectivity index (χ2n) is 8.94. The van der Waals surface area contributed by atoms with Crippen molar-refractivity contribution in [3.63, 3.8) is 0 Å². The van der Waals surface area contributed by atoms with Crippen molar-refractivity contribution in [1.29, 1.82) is 0 Å². The Bertz CT molecular complexity index is 1560. The van der Waals surface area contributed by atoms with Gasteiger partial charge in [-0.1, -0.05) is 42.5 Å². The van der Waals surface area contributed by atoms with Crippen LogP contribution in [0.3, 0.4) is 0 Å². The zero-order chi connectivity index (χ0) is 25.6. The van der Waals surface area contributed by atoms with Crippen LogP contribution in [0.2, 0.25) is 0 Å². The summed E-state index contributed by atoms with van der Waals surface area (Å²) in [7, 11) is 3.71. The second kappa shape index (κ2) is 8.87. The maximum absolute atomic E-state index is 13.7. The summed E-state index contributed by atoms with van der Waals surface area (Å²) in [6.07, 6.45) is -3.36. The van der Waals surface area contributed by atoms with E-state index in [0.29, 0.717) is 39.5 Å². The Morgan fingerprint density at radius 3 is 2.31 bits per heavy atom. The fourth-order valence-electron chi connectivity index (χ4n) is 4.59. The Labute approximate surface area is 205 Å². The molecule has 8 heteroatoms. The maximum Gasteiger partial charge on any atom is 0.417 e. The molecule has 1 heterocycles. The number of hydrogen-bond acceptors (Lipinski definition) is 4. The summed E-state index contributed by atoms with van der Waals surface area (Å²) < 4.78 is 40.5. The first-order chi connectivity index (χ1) is 17.2. The lowest BCUT2D eigenvalue weighted by molar-refractivity contribution is -0.137. The molecule has 2 amide bonds. The summed E-state index contributed by atoms with van der Waals surface area (Å²) in [6, 6.07) is 17.6. The molecule has 0 bridgehead atoms. The number of rotatable bonds is 5. The number of benzene rings is 4. The number of nitrogens with zero attached hydrogens (tertiary/aromatic N) is 3. The molecule has 182 valence electrons. The Morgan fingerprint density at radius 2 is 1.58 bits per heavy atom. The number of aliphatic imine (C=N–C) groups is 1. The molecule has 1 aliphatic rings. The van der Waals surface area contributed by atoms with Gasteiger partial charge >= 0.3 is 6.18 Å². The van der Waals surface area contributed by atoms with Gasteiger partial charge in [-0.3, -0.25) is 19.5 Å². The van der Waals surface area contributed by atoms with Crippen molar-refractivity contribution in [2.24, 2.45) is 4.99 Å². The second-order valence-corrected chi connectivity index (χ2v) is 8.94. The van der Waals surface area contributed by atoms with Crippen LogP contribution in [-0.4, -0.2) is 55.0 Å². The Hall–Kier alpha value is -4.04. The standard InChI is InChI=1S/C28H22F3N3O2/c1-33(2)13-14-34-26(35)20-10-5-8-17-15-18-9-6-12-22(24(18)25(23(17)20)27(34)36)32-16-19-7-3-4-11-21(19)28(29,30)31/h3-12,15-16H,13-14H2,1-2H3. The van der Waals surface area contributed by atoms with Gasteiger partial charge in [0.15, 0.2) is 0 Å². The van der Waals surface area contributed by atoms with E-state index in [0.717, 1.165) is 11.5 Å². The van der Waals surface area contributed by atoms with Crippen molar-refractivity contribution in [1.82, 2.24) is 9.80 Å². The van der Waals surface area contributed by atoms with E-state index in [4.69, 9.17) is 0 Å². The largest absolute Gasteiger partial charge is 0.417 e. The highest BCUT2D eigenvalue weighted by Gasteiger charge is 2.35. The van der Waals surface area contributed by atoms with Crippen LogP contribution in [0.4, 0.5) is 18.9 Å². The minimum absolute atomic E-state index is 0.0776. The van der Waals surface area contributed by atoms with Crippen LogP contribution in [0.1, 0.15) is 31.8 Å². The summed E-state index contributed by atoms with van der Waals surface area (Å²) >= 11 is 0. The van der Waals surface area contributed by atoms with Crippen molar-refractivity contribution in [2.45, 2.75) is 6.18 Å². The lowest BCUT2D eigenvalue weighted by Gasteiger charge is -2.29. The molecule has 0 atom stereocenters. The van der Waals surface area contributed by atoms with Crippen molar-refractivity contribution >= 4 is 45.3 Å². The van der Waals surface area contributed by atoms with Crippen LogP contribution in [0.15, 0.2) is 71.7 Å². The summed E-state index contributed by atoms with van der Waals surface area (Å²) in [4.78, 5) is 34.5. The quantitative estimate of drug-likeness (QED) is 0.199. The van der Waals surface area contributed by atoms with Gasteiger partial charge in [-0.25, -0.2) is 0 Å². The number of amides is 2. The fraction of sp³-hybridized carbons (Fsp3) is 0.179. The minimum atomic E-state index is -4.53. The SMILES string of the molecule is CN(C)CCN1C(=O)c2cccc3cc4cccc(N=Cc5ccccc5C(F)(F)F)c4c(c23)C1=O. The van der Waals surface area contributed by atoms with Gasteiger partial charge in [0.05, 0.1) is 16.8 Å². The van der Waals surface area contributed by atoms with E-state index in [1.54, 1.807) is 24.3 Å². The molecule has 0 saturated carbocycles. The lowest BCUT2D eigenvalue weighted by atomic mass is 9.89. The number of alkyl halides is 3. The first-order valence-electron chi connectivity index (χ1n) is 11.4. The summed E-state index contributed by atoms with van der Waals surface area (Å²) in [6.45, 7) is 0.702. The van der Waals surface area contributed by atoms with E-state index in [9.17, 15) is 22.8 Å². The van der Waals surface area contributed by atoms with E-state index in [1.165, 1.54) is 29.3 Å². The summed E-state index contributed by atoms with van der Waals surface area (Å²) in [5.41, 5.74) is 0.245. The summed E-state index contributed by atoms with van der Waals surface area (Å²) in [5.74, 6) is -0.797. The third kappa shape index (κ3) is 4.03. The fourth-order valence-corrected chi connectivity index (χ4v) is 4.59. The zero-order valence-corrected chi connectivity index (χ0v) is 19.6. The van der Waals surface area contributed by atoms with Crippen molar-refractivity contribution in [2.75, 3.05) is 27.2 Å². The van der Waals surface area contributed by atoms with Crippen LogP contribution in [-0.2, 0) is 6.18 Å². The molecular formula is C28H22F3N3O2. The number of imide groups is 1. The Balaban J connectivity index is 1.73. The highest BCUT2D eigenvalue weighted by molar-refractivity contribution is 6.31. The van der Waals surface area contributed by atoms with E-state index in [1.807, 2.05) is 37.2 Å². The molecule has 0 N–H and O–H groups in total. The van der Waals surface area contributed by atoms with Crippen LogP contribution in [0.5, 0.6) is 0 Å². The number of carbonyl (C=O) groups excluding carboxylic acids is 2. The molecule has 0 aromatic heterocycles. The van der Waals surface area contributed by atoms with Gasteiger partial charge in [0, 0.05) is 41.2 Å². The number of fused-ring (bicyclic) bond motifs is 2. The van der Waals surface area contributed by atoms with Crippen LogP contribution < -0.4 is 0 Å². The van der Waals surface area contributed by atoms with E-state index in [-0.39, 0.29) is 18.0 Å². The van der Waals surface area contributed by atoms with Crippen molar-refractivity contribution in [3.8, 4) is 0 Å². The molecule has 0 fully saturated rings. The van der Waals surface area contributed by atoms with Crippen LogP contribution in [0, 0.1) is 0 Å². The number of likely N-dealkylation sites (N-methyl/N-ethyl adjacent to an activating group) is 1. The monoisotopic (exact) mass is 489 g/mol. The highest BCUT2D eigenvalue weighted by Crippen LogP contribution is 2.40. The third-order valence-electron chi connectivity index (χ3n) is 6.30. The predicted molar refractivity (Wildman–Crippen MR) is 134 cm³/mol. The smallest absolute Gasteiger partial charge is 0.308 e. The lowest BCUT2D eigenvalue weighted by Crippen LogP contribution is -2.43. The molecule has 1 aliphatic heterocycles. The van der Waals surface area contributed by atoms with Gasteiger partial charge in [-0.05, 0) is 49.1 Å². The molecule has 4 aromatic carbocycles. The third-order valence-corrected chi connectivity index (χ3v) is 6.30. The molecule has 36 heavy (non-hydrogen) atoms. The predicted octanol–water partition coefficient (Wildman–Crippen LogP) is 5.92. The van der Waals surface area contributed by atoms with Gasteiger partial charge in [0.25, 0.3) is 11.8 Å². The molecule has 0 aliphatic carbocycles. The van der Waals surface area contributed by atoms with Crippen molar-refractivity contribution < 1.29 is 22.8 Å². The van der Waals surface area contributed by atoms with Crippen LogP contribution >= 0.6 is 0 Å². The van der Waals surface area contributed by atoms with Crippen molar-refractivity contribution in [3.05, 3.63) is 89.0 Å².